The van der Waals surface area contributed by atoms with Crippen LogP contribution in [-0.2, 0) is 23.7 Å². The second kappa shape index (κ2) is 15.5. The van der Waals surface area contributed by atoms with Gasteiger partial charge in [-0.2, -0.15) is 0 Å². The molecule has 0 aromatic heterocycles. The van der Waals surface area contributed by atoms with E-state index in [-0.39, 0.29) is 0 Å². The monoisotopic (exact) mass is 277 g/mol. The fourth-order valence-corrected chi connectivity index (χ4v) is 1.14. The van der Waals surface area contributed by atoms with Gasteiger partial charge in [0, 0.05) is 13.0 Å². The number of rotatable bonds is 15. The minimum Gasteiger partial charge on any atom is -0.379 e. The van der Waals surface area contributed by atoms with Crippen molar-refractivity contribution in [1.82, 2.24) is 4.90 Å². The fraction of sp³-hybridized carbons (Fsp3) is 0.923. The highest BCUT2D eigenvalue weighted by Crippen LogP contribution is 1.84. The second-order valence-corrected chi connectivity index (χ2v) is 4.21. The van der Waals surface area contributed by atoms with Crippen molar-refractivity contribution in [2.24, 2.45) is 0 Å². The zero-order chi connectivity index (χ0) is 14.2. The van der Waals surface area contributed by atoms with Crippen molar-refractivity contribution in [2.75, 3.05) is 73.5 Å². The molecule has 6 heteroatoms. The summed E-state index contributed by atoms with van der Waals surface area (Å²) in [5.41, 5.74) is 0. The molecule has 0 radical (unpaired) electrons. The molecule has 0 spiro atoms. The molecular formula is C13H27NO5. The van der Waals surface area contributed by atoms with Gasteiger partial charge in [0.1, 0.15) is 6.29 Å². The summed E-state index contributed by atoms with van der Waals surface area (Å²) in [7, 11) is 4.03. The Morgan fingerprint density at radius 2 is 1.16 bits per heavy atom. The molecule has 0 bridgehead atoms. The molecule has 0 atom stereocenters. The Balaban J connectivity index is 2.93. The zero-order valence-electron chi connectivity index (χ0n) is 12.1. The van der Waals surface area contributed by atoms with Crippen LogP contribution in [0.1, 0.15) is 6.42 Å². The molecule has 114 valence electrons. The zero-order valence-corrected chi connectivity index (χ0v) is 12.1. The summed E-state index contributed by atoms with van der Waals surface area (Å²) in [6.07, 6.45) is 1.28. The van der Waals surface area contributed by atoms with Gasteiger partial charge in [-0.25, -0.2) is 0 Å². The molecule has 0 aliphatic heterocycles. The minimum atomic E-state index is 0.441. The normalized spacial score (nSPS) is 11.1. The maximum atomic E-state index is 10.00. The van der Waals surface area contributed by atoms with Crippen molar-refractivity contribution < 1.29 is 23.7 Å². The molecule has 0 rings (SSSR count). The van der Waals surface area contributed by atoms with E-state index in [0.717, 1.165) is 19.4 Å². The Kier molecular flexibility index (Phi) is 15.1. The number of aldehydes is 1. The van der Waals surface area contributed by atoms with Crippen LogP contribution in [0.2, 0.25) is 0 Å². The highest BCUT2D eigenvalue weighted by Gasteiger charge is 1.93. The lowest BCUT2D eigenvalue weighted by atomic mass is 10.5. The molecule has 0 saturated heterocycles. The van der Waals surface area contributed by atoms with E-state index in [4.69, 9.17) is 18.9 Å². The molecule has 0 N–H and O–H groups in total. The lowest BCUT2D eigenvalue weighted by Crippen LogP contribution is -2.19. The maximum absolute atomic E-state index is 10.00. The third kappa shape index (κ3) is 17.5. The number of ether oxygens (including phenoxy) is 4. The first-order chi connectivity index (χ1) is 9.27. The molecule has 0 heterocycles. The van der Waals surface area contributed by atoms with Gasteiger partial charge < -0.3 is 28.6 Å². The Bertz CT molecular complexity index is 190. The Morgan fingerprint density at radius 1 is 0.737 bits per heavy atom. The molecule has 0 aromatic rings. The first-order valence-electron chi connectivity index (χ1n) is 6.66. The van der Waals surface area contributed by atoms with E-state index < -0.39 is 0 Å². The quantitative estimate of drug-likeness (QED) is 0.315. The lowest BCUT2D eigenvalue weighted by molar-refractivity contribution is -0.108. The van der Waals surface area contributed by atoms with Crippen LogP contribution in [0.5, 0.6) is 0 Å². The van der Waals surface area contributed by atoms with Crippen LogP contribution in [-0.4, -0.2) is 84.7 Å². The van der Waals surface area contributed by atoms with Gasteiger partial charge in [-0.15, -0.1) is 0 Å². The first-order valence-corrected chi connectivity index (χ1v) is 6.66. The van der Waals surface area contributed by atoms with E-state index in [1.165, 1.54) is 0 Å². The number of nitrogens with zero attached hydrogens (tertiary/aromatic N) is 1. The van der Waals surface area contributed by atoms with Crippen LogP contribution >= 0.6 is 0 Å². The highest BCUT2D eigenvalue weighted by molar-refractivity contribution is 5.49. The van der Waals surface area contributed by atoms with Gasteiger partial charge in [-0.05, 0) is 14.1 Å². The number of hydrogen-bond donors (Lipinski definition) is 0. The largest absolute Gasteiger partial charge is 0.379 e. The smallest absolute Gasteiger partial charge is 0.122 e. The van der Waals surface area contributed by atoms with Crippen molar-refractivity contribution in [3.05, 3.63) is 0 Å². The molecular weight excluding hydrogens is 250 g/mol. The summed E-state index contributed by atoms with van der Waals surface area (Å²) in [6, 6.07) is 0. The molecule has 19 heavy (non-hydrogen) atoms. The third-order valence-electron chi connectivity index (χ3n) is 2.18. The second-order valence-electron chi connectivity index (χ2n) is 4.21. The van der Waals surface area contributed by atoms with E-state index in [2.05, 4.69) is 4.90 Å². The van der Waals surface area contributed by atoms with E-state index in [1.807, 2.05) is 14.1 Å². The van der Waals surface area contributed by atoms with E-state index in [0.29, 0.717) is 52.7 Å². The van der Waals surface area contributed by atoms with E-state index in [9.17, 15) is 4.79 Å². The van der Waals surface area contributed by atoms with Gasteiger partial charge in [0.2, 0.25) is 0 Å². The first kappa shape index (κ1) is 18.5. The predicted octanol–water partition coefficient (Wildman–Crippen LogP) is 0.203. The molecule has 6 nitrogen and oxygen atoms in total. The van der Waals surface area contributed by atoms with Gasteiger partial charge in [0.25, 0.3) is 0 Å². The van der Waals surface area contributed by atoms with Crippen molar-refractivity contribution >= 4 is 6.29 Å². The van der Waals surface area contributed by atoms with E-state index >= 15 is 0 Å². The van der Waals surface area contributed by atoms with Crippen molar-refractivity contribution in [2.45, 2.75) is 6.42 Å². The standard InChI is InChI=1S/C13H27NO5/c1-14(2)4-7-17-9-11-19-13-12-18-10-8-16-6-3-5-15/h5H,3-4,6-13H2,1-2H3. The number of hydrogen-bond acceptors (Lipinski definition) is 6. The van der Waals surface area contributed by atoms with Crippen LogP contribution in [0, 0.1) is 0 Å². The van der Waals surface area contributed by atoms with Crippen LogP contribution in [0.4, 0.5) is 0 Å². The minimum absolute atomic E-state index is 0.441. The molecule has 0 aliphatic carbocycles. The predicted molar refractivity (Wildman–Crippen MR) is 72.5 cm³/mol. The van der Waals surface area contributed by atoms with Gasteiger partial charge in [-0.1, -0.05) is 0 Å². The molecule has 0 amide bonds. The third-order valence-corrected chi connectivity index (χ3v) is 2.18. The number of carbonyl (C=O) groups excluding carboxylic acids is 1. The maximum Gasteiger partial charge on any atom is 0.122 e. The van der Waals surface area contributed by atoms with Crippen molar-refractivity contribution in [3.8, 4) is 0 Å². The molecule has 0 aliphatic rings. The van der Waals surface area contributed by atoms with Gasteiger partial charge >= 0.3 is 0 Å². The summed E-state index contributed by atoms with van der Waals surface area (Å²) in [4.78, 5) is 12.1. The van der Waals surface area contributed by atoms with Gasteiger partial charge in [0.15, 0.2) is 0 Å². The summed E-state index contributed by atoms with van der Waals surface area (Å²) in [5.74, 6) is 0. The fourth-order valence-electron chi connectivity index (χ4n) is 1.14. The summed E-state index contributed by atoms with van der Waals surface area (Å²) < 4.78 is 21.1. The van der Waals surface area contributed by atoms with Gasteiger partial charge in [-0.3, -0.25) is 0 Å². The molecule has 0 fully saturated rings. The van der Waals surface area contributed by atoms with Crippen molar-refractivity contribution in [3.63, 3.8) is 0 Å². The SMILES string of the molecule is CN(C)CCOCCOCCOCCOCCC=O. The Hall–Kier alpha value is -0.530. The van der Waals surface area contributed by atoms with Gasteiger partial charge in [0.05, 0.1) is 52.9 Å². The van der Waals surface area contributed by atoms with Crippen LogP contribution in [0.3, 0.4) is 0 Å². The Morgan fingerprint density at radius 3 is 1.58 bits per heavy atom. The van der Waals surface area contributed by atoms with Crippen molar-refractivity contribution in [1.29, 1.82) is 0 Å². The molecule has 0 saturated carbocycles. The molecule has 0 unspecified atom stereocenters. The Labute approximate surface area is 115 Å². The number of likely N-dealkylation sites (N-methyl/N-ethyl adjacent to an activating group) is 1. The summed E-state index contributed by atoms with van der Waals surface area (Å²) in [5, 5.41) is 0. The summed E-state index contributed by atoms with van der Waals surface area (Å²) >= 11 is 0. The average molecular weight is 277 g/mol. The van der Waals surface area contributed by atoms with Crippen LogP contribution < -0.4 is 0 Å². The van der Waals surface area contributed by atoms with Crippen LogP contribution in [0.15, 0.2) is 0 Å². The number of carbonyl (C=O) groups is 1. The topological polar surface area (TPSA) is 57.2 Å². The lowest BCUT2D eigenvalue weighted by Gasteiger charge is -2.10. The van der Waals surface area contributed by atoms with Crippen LogP contribution in [0.25, 0.3) is 0 Å². The molecule has 0 aromatic carbocycles. The summed E-state index contributed by atoms with van der Waals surface area (Å²) in [6.45, 7) is 5.48. The highest BCUT2D eigenvalue weighted by atomic mass is 16.6. The average Bonchev–Trinajstić information content (AvgIpc) is 2.39. The van der Waals surface area contributed by atoms with E-state index in [1.54, 1.807) is 0 Å².